The summed E-state index contributed by atoms with van der Waals surface area (Å²) in [6.45, 7) is 8.40. The maximum absolute atomic E-state index is 4.91. The summed E-state index contributed by atoms with van der Waals surface area (Å²) in [6.07, 6.45) is 5.44. The Morgan fingerprint density at radius 3 is 1.75 bits per heavy atom. The van der Waals surface area contributed by atoms with Gasteiger partial charge in [-0.3, -0.25) is 4.98 Å². The number of pyridine rings is 1. The predicted octanol–water partition coefficient (Wildman–Crippen LogP) is 15.0. The Kier molecular flexibility index (Phi) is 14.0. The fourth-order valence-corrected chi connectivity index (χ4v) is 9.42. The van der Waals surface area contributed by atoms with Gasteiger partial charge in [0.15, 0.2) is 0 Å². The van der Waals surface area contributed by atoms with Gasteiger partial charge < -0.3 is 19.8 Å². The zero-order valence-corrected chi connectivity index (χ0v) is 42.5. The van der Waals surface area contributed by atoms with Crippen molar-refractivity contribution in [1.29, 1.82) is 0 Å². The van der Waals surface area contributed by atoms with Crippen LogP contribution in [0.5, 0.6) is 0 Å². The van der Waals surface area contributed by atoms with Gasteiger partial charge in [-0.2, -0.15) is 35.4 Å². The molecule has 0 bridgehead atoms. The molecule has 0 saturated heterocycles. The minimum absolute atomic E-state index is 0. The summed E-state index contributed by atoms with van der Waals surface area (Å²) in [5.74, 6) is 0.953. The third kappa shape index (κ3) is 10.1. The molecule has 1 aliphatic rings. The molecule has 0 spiro atoms. The summed E-state index contributed by atoms with van der Waals surface area (Å²) in [4.78, 5) is 11.8. The van der Waals surface area contributed by atoms with Crippen LogP contribution in [0.1, 0.15) is 59.2 Å². The predicted molar refractivity (Wildman–Crippen MR) is 280 cm³/mol. The summed E-state index contributed by atoms with van der Waals surface area (Å²) >= 11 is 0. The van der Waals surface area contributed by atoms with Crippen molar-refractivity contribution in [3.8, 4) is 67.2 Å². The average Bonchev–Trinajstić information content (AvgIpc) is 3.81. The van der Waals surface area contributed by atoms with Crippen molar-refractivity contribution in [2.75, 3.05) is 7.05 Å². The van der Waals surface area contributed by atoms with E-state index in [1.54, 1.807) is 0 Å². The maximum Gasteiger partial charge on any atom is 0.0561 e. The number of hydrogen-bond acceptors (Lipinski definition) is 3. The van der Waals surface area contributed by atoms with E-state index in [4.69, 9.17) is 15.3 Å². The molecule has 9 aromatic rings. The largest absolute Gasteiger partial charge is 0.665 e. The van der Waals surface area contributed by atoms with Crippen LogP contribution in [-0.4, -0.2) is 26.5 Å². The van der Waals surface area contributed by atoms with Crippen LogP contribution in [0.25, 0.3) is 72.5 Å². The molecule has 345 valence electrons. The van der Waals surface area contributed by atoms with Crippen molar-refractivity contribution >= 4 is 0 Å². The molecule has 10 rings (SSSR count). The summed E-state index contributed by atoms with van der Waals surface area (Å²) < 4.78 is 2.15. The van der Waals surface area contributed by atoms with Crippen LogP contribution in [0.4, 0.5) is 0 Å². The molecule has 5 nitrogen and oxygen atoms in total. The van der Waals surface area contributed by atoms with Crippen molar-refractivity contribution in [1.82, 2.24) is 19.4 Å². The van der Waals surface area contributed by atoms with Gasteiger partial charge in [0, 0.05) is 51.8 Å². The SMILES string of the molecule is CC1=C(C)N(C)C(c2[c-]cc(CCc3cc(CCc4c[c-]c(-c5nc(C)c(C)n5C)cc4)cc(-c4ccccc4-c4c[c-]c(-c5ccccn5)cc4-c4ccc(-c5ccccc5)cc4)c3)cc2)[N-]1.[Ir]. The van der Waals surface area contributed by atoms with Gasteiger partial charge in [-0.1, -0.05) is 146 Å². The summed E-state index contributed by atoms with van der Waals surface area (Å²) in [6, 6.07) is 70.0. The molecule has 0 amide bonds. The molecule has 2 aromatic heterocycles. The zero-order valence-electron chi connectivity index (χ0n) is 40.1. The molecule has 0 aliphatic carbocycles. The van der Waals surface area contributed by atoms with Gasteiger partial charge >= 0.3 is 0 Å². The van der Waals surface area contributed by atoms with Crippen LogP contribution in [0, 0.1) is 32.0 Å². The number of aryl methyl sites for hydroxylation is 5. The summed E-state index contributed by atoms with van der Waals surface area (Å²) in [5, 5.41) is 4.91. The fraction of sp³-hybridized carbons (Fsp3) is 0.175. The molecule has 69 heavy (non-hydrogen) atoms. The van der Waals surface area contributed by atoms with Crippen molar-refractivity contribution < 1.29 is 20.1 Å². The Labute approximate surface area is 422 Å². The van der Waals surface area contributed by atoms with E-state index in [9.17, 15) is 0 Å². The standard InChI is InChI=1S/C63H55N5.Ir/c1-42-44(3)67(5)62(65-42)53-27-23-46(24-28-53)19-21-48-38-49(22-20-47-25-29-54(30-26-47)63-66-43(2)45(4)68(63)6)40-56(39-48)57-16-10-11-17-58(57)59-36-35-55(61-18-12-13-37-64-61)41-60(59)52-33-31-51(32-34-52)50-14-8-7-9-15-50;/h7-18,23-27,29,31-34,36-41,62H,19-22H2,1-6H3;/q-4;. The molecule has 0 saturated carbocycles. The molecular formula is C63H55IrN5-4. The second-order valence-corrected chi connectivity index (χ2v) is 18.1. The van der Waals surface area contributed by atoms with Crippen LogP contribution in [0.2, 0.25) is 0 Å². The molecule has 1 radical (unpaired) electrons. The van der Waals surface area contributed by atoms with E-state index in [0.717, 1.165) is 82.0 Å². The molecule has 1 atom stereocenters. The number of aromatic nitrogens is 3. The molecule has 0 fully saturated rings. The number of nitrogens with zero attached hydrogens (tertiary/aromatic N) is 5. The van der Waals surface area contributed by atoms with Crippen LogP contribution in [0.3, 0.4) is 0 Å². The van der Waals surface area contributed by atoms with Gasteiger partial charge in [-0.25, -0.2) is 0 Å². The van der Waals surface area contributed by atoms with Gasteiger partial charge in [0.1, 0.15) is 0 Å². The first-order valence-electron chi connectivity index (χ1n) is 23.6. The average molecular weight is 1070 g/mol. The second kappa shape index (κ2) is 20.6. The van der Waals surface area contributed by atoms with Crippen molar-refractivity contribution in [2.24, 2.45) is 7.05 Å². The van der Waals surface area contributed by atoms with E-state index < -0.39 is 0 Å². The normalized spacial score (nSPS) is 13.4. The quantitative estimate of drug-likeness (QED) is 0.108. The smallest absolute Gasteiger partial charge is 0.0561 e. The third-order valence-corrected chi connectivity index (χ3v) is 13.8. The molecular weight excluding hydrogens is 1020 g/mol. The number of rotatable bonds is 13. The van der Waals surface area contributed by atoms with Gasteiger partial charge in [-0.15, -0.1) is 64.9 Å². The van der Waals surface area contributed by atoms with Crippen molar-refractivity contribution in [2.45, 2.75) is 59.5 Å². The van der Waals surface area contributed by atoms with Crippen LogP contribution < -0.4 is 0 Å². The number of hydrogen-bond donors (Lipinski definition) is 0. The molecule has 1 unspecified atom stereocenters. The fourth-order valence-electron chi connectivity index (χ4n) is 9.42. The first kappa shape index (κ1) is 47.0. The van der Waals surface area contributed by atoms with Crippen molar-refractivity contribution in [3.05, 3.63) is 244 Å². The van der Waals surface area contributed by atoms with Gasteiger partial charge in [0.2, 0.25) is 0 Å². The number of imidazole rings is 1. The summed E-state index contributed by atoms with van der Waals surface area (Å²) in [5.41, 5.74) is 23.0. The topological polar surface area (TPSA) is 48.1 Å². The Balaban J connectivity index is 0.00000593. The van der Waals surface area contributed by atoms with E-state index in [1.807, 2.05) is 18.3 Å². The monoisotopic (exact) mass is 1070 g/mol. The Morgan fingerprint density at radius 1 is 0.522 bits per heavy atom. The molecule has 1 aliphatic heterocycles. The van der Waals surface area contributed by atoms with Crippen LogP contribution in [0.15, 0.2) is 181 Å². The van der Waals surface area contributed by atoms with E-state index in [0.29, 0.717) is 0 Å². The van der Waals surface area contributed by atoms with Crippen LogP contribution in [-0.2, 0) is 52.8 Å². The van der Waals surface area contributed by atoms with Gasteiger partial charge in [-0.05, 0) is 96.2 Å². The van der Waals surface area contributed by atoms with Gasteiger partial charge in [0.05, 0.1) is 5.82 Å². The second-order valence-electron chi connectivity index (χ2n) is 18.1. The summed E-state index contributed by atoms with van der Waals surface area (Å²) in [7, 11) is 4.19. The maximum atomic E-state index is 4.91. The molecule has 0 N–H and O–H groups in total. The molecule has 6 heteroatoms. The van der Waals surface area contributed by atoms with E-state index >= 15 is 0 Å². The first-order valence-corrected chi connectivity index (χ1v) is 23.6. The van der Waals surface area contributed by atoms with E-state index in [-0.39, 0.29) is 26.3 Å². The Morgan fingerprint density at radius 2 is 1.14 bits per heavy atom. The van der Waals surface area contributed by atoms with Crippen molar-refractivity contribution in [3.63, 3.8) is 0 Å². The Bertz CT molecular complexity index is 3240. The van der Waals surface area contributed by atoms with E-state index in [1.165, 1.54) is 61.5 Å². The molecule has 7 aromatic carbocycles. The molecule has 3 heterocycles. The zero-order chi connectivity index (χ0) is 46.7. The third-order valence-electron chi connectivity index (χ3n) is 13.8. The number of benzene rings is 7. The first-order chi connectivity index (χ1) is 33.2. The van der Waals surface area contributed by atoms with Gasteiger partial charge in [0.25, 0.3) is 0 Å². The number of allylic oxidation sites excluding steroid dienone is 2. The van der Waals surface area contributed by atoms with Crippen LogP contribution >= 0.6 is 0 Å². The minimum atomic E-state index is -0.0154. The minimum Gasteiger partial charge on any atom is -0.665 e. The van der Waals surface area contributed by atoms with E-state index in [2.05, 4.69) is 221 Å². The Hall–Kier alpha value is -7.11.